The molecule has 8 nitrogen and oxygen atoms in total. The Morgan fingerprint density at radius 1 is 1.26 bits per heavy atom. The van der Waals surface area contributed by atoms with Gasteiger partial charge in [-0.1, -0.05) is 0 Å². The minimum absolute atomic E-state index is 0.0201. The molecule has 9 heteroatoms. The van der Waals surface area contributed by atoms with Crippen LogP contribution in [0.15, 0.2) is 0 Å². The van der Waals surface area contributed by atoms with Crippen LogP contribution in [0.25, 0.3) is 0 Å². The van der Waals surface area contributed by atoms with E-state index in [0.717, 1.165) is 19.3 Å². The van der Waals surface area contributed by atoms with Crippen molar-refractivity contribution in [3.8, 4) is 0 Å². The molecule has 0 spiro atoms. The number of unbranched alkanes of at least 4 members (excludes halogenated alkanes) is 1. The number of rotatable bonds is 10. The van der Waals surface area contributed by atoms with Crippen LogP contribution in [-0.4, -0.2) is 59.1 Å². The minimum atomic E-state index is -1.05. The molecule has 2 amide bonds. The van der Waals surface area contributed by atoms with Gasteiger partial charge < -0.3 is 25.2 Å². The molecule has 2 atom stereocenters. The van der Waals surface area contributed by atoms with Gasteiger partial charge in [0.2, 0.25) is 5.91 Å². The average Bonchev–Trinajstić information content (AvgIpc) is 2.57. The number of carboxylic acids is 1. The van der Waals surface area contributed by atoms with Gasteiger partial charge in [-0.15, -0.1) is 11.8 Å². The summed E-state index contributed by atoms with van der Waals surface area (Å²) >= 11 is 1.41. The predicted molar refractivity (Wildman–Crippen MR) is 104 cm³/mol. The summed E-state index contributed by atoms with van der Waals surface area (Å²) < 4.78 is 10.7. The second-order valence-electron chi connectivity index (χ2n) is 7.49. The summed E-state index contributed by atoms with van der Waals surface area (Å²) in [5.41, 5.74) is -0.532. The third-order valence-corrected chi connectivity index (χ3v) is 4.93. The number of amides is 2. The van der Waals surface area contributed by atoms with Crippen molar-refractivity contribution < 1.29 is 29.0 Å². The molecule has 156 valence electrons. The van der Waals surface area contributed by atoms with Crippen LogP contribution in [0.3, 0.4) is 0 Å². The fourth-order valence-corrected chi connectivity index (χ4v) is 3.43. The number of aliphatic carboxylic acids is 1. The lowest BCUT2D eigenvalue weighted by molar-refractivity contribution is -0.141. The van der Waals surface area contributed by atoms with Crippen molar-refractivity contribution in [2.45, 2.75) is 76.4 Å². The van der Waals surface area contributed by atoms with E-state index in [0.29, 0.717) is 32.4 Å². The molecule has 1 heterocycles. The summed E-state index contributed by atoms with van der Waals surface area (Å²) in [6, 6.07) is -0.924. The fourth-order valence-electron chi connectivity index (χ4n) is 2.48. The lowest BCUT2D eigenvalue weighted by Gasteiger charge is -2.22. The highest BCUT2D eigenvalue weighted by molar-refractivity contribution is 8.00. The van der Waals surface area contributed by atoms with E-state index in [-0.39, 0.29) is 17.1 Å². The van der Waals surface area contributed by atoms with Crippen molar-refractivity contribution in [2.75, 3.05) is 18.9 Å². The highest BCUT2D eigenvalue weighted by Gasteiger charge is 2.21. The van der Waals surface area contributed by atoms with Crippen LogP contribution in [0.1, 0.15) is 59.3 Å². The lowest BCUT2D eigenvalue weighted by atomic mass is 10.1. The van der Waals surface area contributed by atoms with Gasteiger partial charge in [0, 0.05) is 13.2 Å². The lowest BCUT2D eigenvalue weighted by Crippen LogP contribution is -2.42. The summed E-state index contributed by atoms with van der Waals surface area (Å²) in [6.07, 6.45) is 4.04. The topological polar surface area (TPSA) is 114 Å². The van der Waals surface area contributed by atoms with Crippen LogP contribution >= 0.6 is 11.8 Å². The number of ether oxygens (including phenoxy) is 2. The van der Waals surface area contributed by atoms with Crippen LogP contribution in [0.5, 0.6) is 0 Å². The smallest absolute Gasteiger partial charge is 0.407 e. The van der Waals surface area contributed by atoms with E-state index in [9.17, 15) is 19.5 Å². The van der Waals surface area contributed by atoms with Crippen molar-refractivity contribution >= 4 is 29.7 Å². The van der Waals surface area contributed by atoms with Crippen LogP contribution in [0.2, 0.25) is 0 Å². The molecule has 27 heavy (non-hydrogen) atoms. The maximum absolute atomic E-state index is 12.0. The Morgan fingerprint density at radius 2 is 2.00 bits per heavy atom. The van der Waals surface area contributed by atoms with Crippen molar-refractivity contribution in [3.63, 3.8) is 0 Å². The van der Waals surface area contributed by atoms with E-state index in [4.69, 9.17) is 9.47 Å². The number of carboxylic acid groups (broad SMARTS) is 1. The molecule has 1 fully saturated rings. The summed E-state index contributed by atoms with van der Waals surface area (Å²) in [5, 5.41) is 14.5. The standard InChI is InChI=1S/C18H32N2O6S/c1-18(2,3)26-17(24)19-10-6-4-8-13(16(22)23)20-14(21)12-27-15-9-5-7-11-25-15/h13,15H,4-12H2,1-3H3,(H,19,24)(H,20,21)(H,22,23)/t13-,15?/m0/s1. The Bertz CT molecular complexity index is 489. The number of carbonyl (C=O) groups is 3. The number of hydrogen-bond donors (Lipinski definition) is 3. The second kappa shape index (κ2) is 12.1. The van der Waals surface area contributed by atoms with Gasteiger partial charge in [-0.25, -0.2) is 9.59 Å². The monoisotopic (exact) mass is 404 g/mol. The summed E-state index contributed by atoms with van der Waals surface area (Å²) in [5.74, 6) is -1.16. The van der Waals surface area contributed by atoms with E-state index in [2.05, 4.69) is 10.6 Å². The molecular weight excluding hydrogens is 372 g/mol. The van der Waals surface area contributed by atoms with Gasteiger partial charge in [0.15, 0.2) is 0 Å². The third-order valence-electron chi connectivity index (χ3n) is 3.76. The molecule has 0 aromatic rings. The first-order chi connectivity index (χ1) is 12.7. The number of nitrogens with one attached hydrogen (secondary N) is 2. The van der Waals surface area contributed by atoms with Crippen LogP contribution in [0.4, 0.5) is 4.79 Å². The van der Waals surface area contributed by atoms with E-state index >= 15 is 0 Å². The first-order valence-corrected chi connectivity index (χ1v) is 10.4. The van der Waals surface area contributed by atoms with Gasteiger partial charge in [-0.3, -0.25) is 4.79 Å². The number of hydrogen-bond acceptors (Lipinski definition) is 6. The second-order valence-corrected chi connectivity index (χ2v) is 8.64. The van der Waals surface area contributed by atoms with Crippen LogP contribution in [0, 0.1) is 0 Å². The molecule has 0 bridgehead atoms. The Balaban J connectivity index is 2.20. The third kappa shape index (κ3) is 11.8. The zero-order valence-electron chi connectivity index (χ0n) is 16.4. The van der Waals surface area contributed by atoms with Gasteiger partial charge in [0.25, 0.3) is 0 Å². The van der Waals surface area contributed by atoms with Gasteiger partial charge in [-0.05, 0) is 59.3 Å². The SMILES string of the molecule is CC(C)(C)OC(=O)NCCCC[C@H](NC(=O)CSC1CCCCO1)C(=O)O. The van der Waals surface area contributed by atoms with E-state index in [1.165, 1.54) is 11.8 Å². The summed E-state index contributed by atoms with van der Waals surface area (Å²) in [6.45, 7) is 6.46. The molecule has 0 saturated carbocycles. The Morgan fingerprint density at radius 3 is 2.59 bits per heavy atom. The van der Waals surface area contributed by atoms with Crippen LogP contribution in [-0.2, 0) is 19.1 Å². The van der Waals surface area contributed by atoms with Gasteiger partial charge >= 0.3 is 12.1 Å². The molecule has 1 saturated heterocycles. The van der Waals surface area contributed by atoms with Crippen molar-refractivity contribution in [1.82, 2.24) is 10.6 Å². The van der Waals surface area contributed by atoms with Crippen molar-refractivity contribution in [2.24, 2.45) is 0 Å². The van der Waals surface area contributed by atoms with Gasteiger partial charge in [-0.2, -0.15) is 0 Å². The summed E-state index contributed by atoms with van der Waals surface area (Å²) in [7, 11) is 0. The number of carbonyl (C=O) groups excluding carboxylic acids is 2. The highest BCUT2D eigenvalue weighted by atomic mass is 32.2. The van der Waals surface area contributed by atoms with E-state index in [1.807, 2.05) is 0 Å². The Kier molecular flexibility index (Phi) is 10.5. The predicted octanol–water partition coefficient (Wildman–Crippen LogP) is 2.51. The maximum atomic E-state index is 12.0. The molecule has 1 aliphatic heterocycles. The first-order valence-electron chi connectivity index (χ1n) is 9.39. The molecule has 3 N–H and O–H groups in total. The number of alkyl carbamates (subject to hydrolysis) is 1. The Hall–Kier alpha value is -1.48. The average molecular weight is 405 g/mol. The quantitative estimate of drug-likeness (QED) is 0.479. The molecule has 1 aliphatic rings. The summed E-state index contributed by atoms with van der Waals surface area (Å²) in [4.78, 5) is 34.8. The van der Waals surface area contributed by atoms with E-state index < -0.39 is 23.7 Å². The highest BCUT2D eigenvalue weighted by Crippen LogP contribution is 2.22. The zero-order valence-corrected chi connectivity index (χ0v) is 17.2. The zero-order chi connectivity index (χ0) is 20.3. The van der Waals surface area contributed by atoms with Crippen molar-refractivity contribution in [3.05, 3.63) is 0 Å². The van der Waals surface area contributed by atoms with Gasteiger partial charge in [0.1, 0.15) is 17.1 Å². The Labute approximate surface area is 165 Å². The number of thioether (sulfide) groups is 1. The van der Waals surface area contributed by atoms with Gasteiger partial charge in [0.05, 0.1) is 5.75 Å². The molecule has 0 aromatic heterocycles. The molecule has 0 aromatic carbocycles. The van der Waals surface area contributed by atoms with E-state index in [1.54, 1.807) is 20.8 Å². The molecule has 0 radical (unpaired) electrons. The molecule has 1 rings (SSSR count). The largest absolute Gasteiger partial charge is 0.480 e. The molecular formula is C18H32N2O6S. The van der Waals surface area contributed by atoms with Crippen LogP contribution < -0.4 is 10.6 Å². The maximum Gasteiger partial charge on any atom is 0.407 e. The fraction of sp³-hybridized carbons (Fsp3) is 0.833. The minimum Gasteiger partial charge on any atom is -0.480 e. The molecule has 0 aliphatic carbocycles. The van der Waals surface area contributed by atoms with Crippen molar-refractivity contribution in [1.29, 1.82) is 0 Å². The first kappa shape index (κ1) is 23.6. The normalized spacial score (nSPS) is 18.4. The molecule has 1 unspecified atom stereocenters.